The molecule has 1 aromatic rings. The molecule has 1 saturated heterocycles. The zero-order valence-corrected chi connectivity index (χ0v) is 12.4. The summed E-state index contributed by atoms with van der Waals surface area (Å²) >= 11 is 5.90. The first kappa shape index (κ1) is 14.3. The van der Waals surface area contributed by atoms with Gasteiger partial charge < -0.3 is 4.90 Å². The number of nitrogens with zero attached hydrogens (tertiary/aromatic N) is 2. The molecule has 112 valence electrons. The van der Waals surface area contributed by atoms with Crippen LogP contribution in [-0.4, -0.2) is 28.3 Å². The maximum atomic E-state index is 12.6. The molecule has 2 atom stereocenters. The van der Waals surface area contributed by atoms with Crippen molar-refractivity contribution in [2.24, 2.45) is 5.92 Å². The van der Waals surface area contributed by atoms with Crippen molar-refractivity contribution in [3.63, 3.8) is 0 Å². The Balaban J connectivity index is 1.82. The van der Waals surface area contributed by atoms with Crippen molar-refractivity contribution in [1.29, 1.82) is 0 Å². The average molecular weight is 309 g/mol. The molecule has 0 aromatic heterocycles. The first-order valence-electron chi connectivity index (χ1n) is 7.33. The summed E-state index contributed by atoms with van der Waals surface area (Å²) in [6.07, 6.45) is 5.77. The molecule has 0 spiro atoms. The lowest BCUT2D eigenvalue weighted by Gasteiger charge is -2.31. The fourth-order valence-corrected chi connectivity index (χ4v) is 3.86. The molecule has 2 aliphatic rings. The van der Waals surface area contributed by atoms with E-state index in [9.17, 15) is 14.9 Å². The predicted octanol–water partition coefficient (Wildman–Crippen LogP) is 3.65. The maximum absolute atomic E-state index is 12.6. The van der Waals surface area contributed by atoms with E-state index in [0.29, 0.717) is 17.5 Å². The number of rotatable bonds is 2. The van der Waals surface area contributed by atoms with E-state index in [0.717, 1.165) is 19.4 Å². The summed E-state index contributed by atoms with van der Waals surface area (Å²) in [6, 6.07) is 4.56. The largest absolute Gasteiger partial charge is 0.335 e. The average Bonchev–Trinajstić information content (AvgIpc) is 2.90. The summed E-state index contributed by atoms with van der Waals surface area (Å²) in [7, 11) is 0. The Kier molecular flexibility index (Phi) is 3.85. The summed E-state index contributed by atoms with van der Waals surface area (Å²) in [6.45, 7) is 0.781. The zero-order chi connectivity index (χ0) is 15.0. The molecule has 2 fully saturated rings. The highest BCUT2D eigenvalue weighted by Gasteiger charge is 2.38. The third kappa shape index (κ3) is 2.62. The number of likely N-dealkylation sites (tertiary alicyclic amines) is 1. The molecule has 1 saturated carbocycles. The van der Waals surface area contributed by atoms with Gasteiger partial charge in [-0.3, -0.25) is 14.9 Å². The van der Waals surface area contributed by atoms with Gasteiger partial charge in [-0.15, -0.1) is 0 Å². The van der Waals surface area contributed by atoms with E-state index in [1.165, 1.54) is 37.5 Å². The minimum Gasteiger partial charge on any atom is -0.335 e. The zero-order valence-electron chi connectivity index (χ0n) is 11.6. The van der Waals surface area contributed by atoms with E-state index >= 15 is 0 Å². The van der Waals surface area contributed by atoms with Gasteiger partial charge in [-0.1, -0.05) is 24.4 Å². The molecule has 6 heteroatoms. The van der Waals surface area contributed by atoms with Crippen LogP contribution in [0.3, 0.4) is 0 Å². The van der Waals surface area contributed by atoms with E-state index in [4.69, 9.17) is 11.6 Å². The lowest BCUT2D eigenvalue weighted by molar-refractivity contribution is -0.384. The molecule has 1 aromatic carbocycles. The number of fused-ring (bicyclic) bond motifs is 1. The molecule has 0 N–H and O–H groups in total. The van der Waals surface area contributed by atoms with E-state index in [2.05, 4.69) is 0 Å². The van der Waals surface area contributed by atoms with Gasteiger partial charge in [0.2, 0.25) is 0 Å². The van der Waals surface area contributed by atoms with Crippen LogP contribution < -0.4 is 0 Å². The summed E-state index contributed by atoms with van der Waals surface area (Å²) in [5.41, 5.74) is 0.280. The van der Waals surface area contributed by atoms with E-state index in [-0.39, 0.29) is 16.6 Å². The SMILES string of the molecule is O=C(c1ccc([N+](=O)[O-])c(Cl)c1)N1CCC2CCCCC21. The molecule has 2 unspecified atom stereocenters. The van der Waals surface area contributed by atoms with Crippen LogP contribution in [0, 0.1) is 16.0 Å². The van der Waals surface area contributed by atoms with E-state index in [1.807, 2.05) is 4.90 Å². The third-order valence-electron chi connectivity index (χ3n) is 4.66. The molecule has 5 nitrogen and oxygen atoms in total. The van der Waals surface area contributed by atoms with Crippen molar-refractivity contribution in [3.05, 3.63) is 38.9 Å². The van der Waals surface area contributed by atoms with Crippen molar-refractivity contribution in [1.82, 2.24) is 4.90 Å². The van der Waals surface area contributed by atoms with Crippen LogP contribution in [0.25, 0.3) is 0 Å². The normalized spacial score (nSPS) is 24.7. The van der Waals surface area contributed by atoms with Crippen LogP contribution >= 0.6 is 11.6 Å². The Labute approximate surface area is 128 Å². The smallest absolute Gasteiger partial charge is 0.287 e. The molecule has 1 aliphatic heterocycles. The summed E-state index contributed by atoms with van der Waals surface area (Å²) in [4.78, 5) is 24.8. The molecule has 1 amide bonds. The number of amides is 1. The standard InChI is InChI=1S/C15H17ClN2O3/c16-12-9-11(5-6-14(12)18(20)21)15(19)17-8-7-10-3-1-2-4-13(10)17/h5-6,9-10,13H,1-4,7-8H2. The quantitative estimate of drug-likeness (QED) is 0.619. The third-order valence-corrected chi connectivity index (χ3v) is 4.97. The second-order valence-corrected chi connectivity index (χ2v) is 6.23. The Morgan fingerprint density at radius 1 is 1.29 bits per heavy atom. The van der Waals surface area contributed by atoms with Gasteiger partial charge in [0.25, 0.3) is 11.6 Å². The van der Waals surface area contributed by atoms with Gasteiger partial charge in [0.05, 0.1) is 4.92 Å². The molecule has 21 heavy (non-hydrogen) atoms. The highest BCUT2D eigenvalue weighted by molar-refractivity contribution is 6.33. The monoisotopic (exact) mass is 308 g/mol. The van der Waals surface area contributed by atoms with Crippen LogP contribution in [0.5, 0.6) is 0 Å². The van der Waals surface area contributed by atoms with Crippen LogP contribution in [0.2, 0.25) is 5.02 Å². The number of hydrogen-bond acceptors (Lipinski definition) is 3. The molecule has 3 rings (SSSR count). The first-order valence-corrected chi connectivity index (χ1v) is 7.70. The number of benzene rings is 1. The highest BCUT2D eigenvalue weighted by Crippen LogP contribution is 2.37. The van der Waals surface area contributed by atoms with Crippen LogP contribution in [0.1, 0.15) is 42.5 Å². The van der Waals surface area contributed by atoms with Gasteiger partial charge in [-0.25, -0.2) is 0 Å². The second-order valence-electron chi connectivity index (χ2n) is 5.82. The molecular weight excluding hydrogens is 292 g/mol. The lowest BCUT2D eigenvalue weighted by Crippen LogP contribution is -2.39. The van der Waals surface area contributed by atoms with Crippen LogP contribution in [0.4, 0.5) is 5.69 Å². The Hall–Kier alpha value is -1.62. The summed E-state index contributed by atoms with van der Waals surface area (Å²) < 4.78 is 0. The van der Waals surface area contributed by atoms with Gasteiger partial charge in [0, 0.05) is 24.2 Å². The number of halogens is 1. The number of nitro groups is 1. The maximum Gasteiger partial charge on any atom is 0.287 e. The molecular formula is C15H17ClN2O3. The summed E-state index contributed by atoms with van der Waals surface area (Å²) in [5, 5.41) is 10.8. The fraction of sp³-hybridized carbons (Fsp3) is 0.533. The van der Waals surface area contributed by atoms with Crippen molar-refractivity contribution in [2.45, 2.75) is 38.1 Å². The predicted molar refractivity (Wildman–Crippen MR) is 79.5 cm³/mol. The van der Waals surface area contributed by atoms with Gasteiger partial charge >= 0.3 is 0 Å². The number of nitro benzene ring substituents is 1. The van der Waals surface area contributed by atoms with Crippen molar-refractivity contribution >= 4 is 23.2 Å². The van der Waals surface area contributed by atoms with Gasteiger partial charge in [-0.05, 0) is 37.3 Å². The van der Waals surface area contributed by atoms with Gasteiger partial charge in [-0.2, -0.15) is 0 Å². The van der Waals surface area contributed by atoms with Crippen LogP contribution in [-0.2, 0) is 0 Å². The van der Waals surface area contributed by atoms with E-state index < -0.39 is 4.92 Å². The minimum absolute atomic E-state index is 0.0187. The first-order chi connectivity index (χ1) is 10.1. The second kappa shape index (κ2) is 5.64. The Morgan fingerprint density at radius 3 is 2.76 bits per heavy atom. The van der Waals surface area contributed by atoms with Crippen molar-refractivity contribution in [3.8, 4) is 0 Å². The molecule has 1 heterocycles. The molecule has 1 aliphatic carbocycles. The summed E-state index contributed by atoms with van der Waals surface area (Å²) in [5.74, 6) is 0.567. The molecule has 0 radical (unpaired) electrons. The number of carbonyl (C=O) groups excluding carboxylic acids is 1. The van der Waals surface area contributed by atoms with Crippen LogP contribution in [0.15, 0.2) is 18.2 Å². The number of carbonyl (C=O) groups is 1. The molecule has 0 bridgehead atoms. The van der Waals surface area contributed by atoms with E-state index in [1.54, 1.807) is 0 Å². The number of hydrogen-bond donors (Lipinski definition) is 0. The fourth-order valence-electron chi connectivity index (χ4n) is 3.61. The Bertz CT molecular complexity index is 590. The van der Waals surface area contributed by atoms with Gasteiger partial charge in [0.15, 0.2) is 0 Å². The minimum atomic E-state index is -0.538. The van der Waals surface area contributed by atoms with Crippen molar-refractivity contribution < 1.29 is 9.72 Å². The van der Waals surface area contributed by atoms with Crippen molar-refractivity contribution in [2.75, 3.05) is 6.54 Å². The highest BCUT2D eigenvalue weighted by atomic mass is 35.5. The topological polar surface area (TPSA) is 63.4 Å². The lowest BCUT2D eigenvalue weighted by atomic mass is 9.85. The Morgan fingerprint density at radius 2 is 2.05 bits per heavy atom. The van der Waals surface area contributed by atoms with Gasteiger partial charge in [0.1, 0.15) is 5.02 Å².